The van der Waals surface area contributed by atoms with Crippen LogP contribution in [0.5, 0.6) is 0 Å². The summed E-state index contributed by atoms with van der Waals surface area (Å²) in [7, 11) is 0. The molecule has 0 radical (unpaired) electrons. The fraction of sp³-hybridized carbons (Fsp3) is 0.571. The van der Waals surface area contributed by atoms with Crippen LogP contribution in [0.4, 0.5) is 11.4 Å². The van der Waals surface area contributed by atoms with Gasteiger partial charge in [-0.05, 0) is 68.2 Å². The lowest BCUT2D eigenvalue weighted by atomic mass is 9.80. The number of hydrogen-bond acceptors (Lipinski definition) is 1. The molecule has 0 amide bonds. The molecule has 2 aromatic carbocycles. The van der Waals surface area contributed by atoms with Crippen LogP contribution < -0.4 is 5.32 Å². The zero-order chi connectivity index (χ0) is 22.4. The Balaban J connectivity index is 2.61. The van der Waals surface area contributed by atoms with Crippen molar-refractivity contribution >= 4 is 11.4 Å². The molecule has 0 bridgehead atoms. The molecule has 2 rings (SSSR count). The minimum Gasteiger partial charge on any atom is -0.355 e. The number of hydrogen-bond donors (Lipinski definition) is 1. The van der Waals surface area contributed by atoms with Crippen molar-refractivity contribution in [1.82, 2.24) is 0 Å². The molecule has 29 heavy (non-hydrogen) atoms. The lowest BCUT2D eigenvalue weighted by Gasteiger charge is -2.28. The number of benzene rings is 2. The molecule has 0 fully saturated rings. The summed E-state index contributed by atoms with van der Waals surface area (Å²) in [5, 5.41) is 3.75. The first-order valence-electron chi connectivity index (χ1n) is 11.0. The molecule has 0 saturated carbocycles. The second kappa shape index (κ2) is 7.49. The highest BCUT2D eigenvalue weighted by atomic mass is 14.9. The third kappa shape index (κ3) is 6.11. The molecule has 1 N–H and O–H groups in total. The Bertz CT molecular complexity index is 721. The molecule has 0 atom stereocenters. The topological polar surface area (TPSA) is 12.0 Å². The smallest absolute Gasteiger partial charge is 0.0390 e. The molecular formula is C28H43N. The van der Waals surface area contributed by atoms with E-state index in [1.807, 2.05) is 0 Å². The Morgan fingerprint density at radius 3 is 0.759 bits per heavy atom. The van der Waals surface area contributed by atoms with Crippen LogP contribution in [0.3, 0.4) is 0 Å². The molecule has 0 aliphatic heterocycles. The van der Waals surface area contributed by atoms with E-state index in [4.69, 9.17) is 0 Å². The van der Waals surface area contributed by atoms with Crippen LogP contribution in [-0.4, -0.2) is 0 Å². The summed E-state index contributed by atoms with van der Waals surface area (Å²) in [6, 6.07) is 14.0. The second-order valence-electron chi connectivity index (χ2n) is 12.7. The van der Waals surface area contributed by atoms with Crippen molar-refractivity contribution in [2.24, 2.45) is 0 Å². The van der Waals surface area contributed by atoms with Gasteiger partial charge < -0.3 is 5.32 Å². The maximum absolute atomic E-state index is 3.75. The predicted octanol–water partition coefficient (Wildman–Crippen LogP) is 8.62. The van der Waals surface area contributed by atoms with Crippen LogP contribution in [0, 0.1) is 0 Å². The molecule has 0 aromatic heterocycles. The SMILES string of the molecule is CC(C)(C)c1cc(Nc2cc(C(C)(C)C)cc(C(C)(C)C)c2)cc(C(C)(C)C)c1. The summed E-state index contributed by atoms with van der Waals surface area (Å²) in [6.45, 7) is 27.5. The van der Waals surface area contributed by atoms with Gasteiger partial charge in [-0.15, -0.1) is 0 Å². The van der Waals surface area contributed by atoms with Crippen molar-refractivity contribution in [3.63, 3.8) is 0 Å². The Hall–Kier alpha value is -1.76. The molecule has 0 aliphatic rings. The first-order valence-corrected chi connectivity index (χ1v) is 11.0. The van der Waals surface area contributed by atoms with Crippen molar-refractivity contribution in [2.75, 3.05) is 5.32 Å². The summed E-state index contributed by atoms with van der Waals surface area (Å²) in [5.41, 5.74) is 8.28. The third-order valence-electron chi connectivity index (χ3n) is 5.62. The maximum Gasteiger partial charge on any atom is 0.0390 e. The molecule has 0 aliphatic carbocycles. The van der Waals surface area contributed by atoms with Crippen LogP contribution in [-0.2, 0) is 21.7 Å². The first-order chi connectivity index (χ1) is 12.9. The van der Waals surface area contributed by atoms with Crippen molar-refractivity contribution in [3.8, 4) is 0 Å². The first kappa shape index (κ1) is 23.5. The third-order valence-corrected chi connectivity index (χ3v) is 5.62. The Labute approximate surface area is 180 Å². The molecule has 0 unspecified atom stereocenters. The van der Waals surface area contributed by atoms with Gasteiger partial charge in [-0.3, -0.25) is 0 Å². The highest BCUT2D eigenvalue weighted by Crippen LogP contribution is 2.36. The molecule has 0 saturated heterocycles. The molecule has 0 spiro atoms. The standard InChI is InChI=1S/C28H43N/c1-25(2,3)19-13-20(26(4,5)6)16-23(15-19)29-24-17-21(27(7,8)9)14-22(18-24)28(10,11)12/h13-18,29H,1-12H3. The zero-order valence-corrected chi connectivity index (χ0v) is 21.0. The summed E-state index contributed by atoms with van der Waals surface area (Å²) in [4.78, 5) is 0. The zero-order valence-electron chi connectivity index (χ0n) is 21.0. The minimum absolute atomic E-state index is 0.113. The van der Waals surface area contributed by atoms with Gasteiger partial charge in [0.25, 0.3) is 0 Å². The molecule has 160 valence electrons. The van der Waals surface area contributed by atoms with E-state index in [2.05, 4.69) is 125 Å². The van der Waals surface area contributed by atoms with Gasteiger partial charge in [-0.1, -0.05) is 95.2 Å². The van der Waals surface area contributed by atoms with Crippen LogP contribution >= 0.6 is 0 Å². The van der Waals surface area contributed by atoms with E-state index in [9.17, 15) is 0 Å². The summed E-state index contributed by atoms with van der Waals surface area (Å²) in [5.74, 6) is 0. The molecular weight excluding hydrogens is 350 g/mol. The molecule has 0 heterocycles. The lowest BCUT2D eigenvalue weighted by molar-refractivity contribution is 0.569. The van der Waals surface area contributed by atoms with E-state index in [0.717, 1.165) is 0 Å². The lowest BCUT2D eigenvalue weighted by Crippen LogP contribution is -2.18. The molecule has 1 heteroatoms. The predicted molar refractivity (Wildman–Crippen MR) is 131 cm³/mol. The van der Waals surface area contributed by atoms with E-state index < -0.39 is 0 Å². The normalized spacial score (nSPS) is 13.5. The average molecular weight is 394 g/mol. The van der Waals surface area contributed by atoms with E-state index in [1.54, 1.807) is 0 Å². The highest BCUT2D eigenvalue weighted by Gasteiger charge is 2.22. The monoisotopic (exact) mass is 393 g/mol. The Morgan fingerprint density at radius 1 is 0.379 bits per heavy atom. The number of rotatable bonds is 2. The van der Waals surface area contributed by atoms with Crippen molar-refractivity contribution in [3.05, 3.63) is 58.7 Å². The van der Waals surface area contributed by atoms with E-state index in [0.29, 0.717) is 0 Å². The van der Waals surface area contributed by atoms with Gasteiger partial charge in [-0.2, -0.15) is 0 Å². The van der Waals surface area contributed by atoms with Crippen LogP contribution in [0.2, 0.25) is 0 Å². The van der Waals surface area contributed by atoms with E-state index in [-0.39, 0.29) is 21.7 Å². The average Bonchev–Trinajstić information content (AvgIpc) is 2.51. The van der Waals surface area contributed by atoms with Crippen molar-refractivity contribution < 1.29 is 0 Å². The van der Waals surface area contributed by atoms with Gasteiger partial charge in [-0.25, -0.2) is 0 Å². The van der Waals surface area contributed by atoms with E-state index in [1.165, 1.54) is 33.6 Å². The van der Waals surface area contributed by atoms with Gasteiger partial charge in [0.1, 0.15) is 0 Å². The van der Waals surface area contributed by atoms with Crippen LogP contribution in [0.25, 0.3) is 0 Å². The molecule has 1 nitrogen and oxygen atoms in total. The van der Waals surface area contributed by atoms with Crippen molar-refractivity contribution in [2.45, 2.75) is 105 Å². The van der Waals surface area contributed by atoms with Crippen LogP contribution in [0.1, 0.15) is 105 Å². The van der Waals surface area contributed by atoms with Gasteiger partial charge in [0, 0.05) is 11.4 Å². The van der Waals surface area contributed by atoms with Gasteiger partial charge in [0.2, 0.25) is 0 Å². The number of nitrogens with one attached hydrogen (secondary N) is 1. The number of anilines is 2. The van der Waals surface area contributed by atoms with Gasteiger partial charge in [0.05, 0.1) is 0 Å². The van der Waals surface area contributed by atoms with Gasteiger partial charge >= 0.3 is 0 Å². The Morgan fingerprint density at radius 2 is 0.586 bits per heavy atom. The highest BCUT2D eigenvalue weighted by molar-refractivity contribution is 5.64. The minimum atomic E-state index is 0.113. The largest absolute Gasteiger partial charge is 0.355 e. The maximum atomic E-state index is 3.75. The summed E-state index contributed by atoms with van der Waals surface area (Å²) < 4.78 is 0. The van der Waals surface area contributed by atoms with Gasteiger partial charge in [0.15, 0.2) is 0 Å². The Kier molecular flexibility index (Phi) is 6.07. The second-order valence-corrected chi connectivity index (χ2v) is 12.7. The summed E-state index contributed by atoms with van der Waals surface area (Å²) in [6.07, 6.45) is 0. The quantitative estimate of drug-likeness (QED) is 0.538. The van der Waals surface area contributed by atoms with Crippen LogP contribution in [0.15, 0.2) is 36.4 Å². The fourth-order valence-electron chi connectivity index (χ4n) is 3.30. The van der Waals surface area contributed by atoms with E-state index >= 15 is 0 Å². The summed E-state index contributed by atoms with van der Waals surface area (Å²) >= 11 is 0. The van der Waals surface area contributed by atoms with Crippen molar-refractivity contribution in [1.29, 1.82) is 0 Å². The molecule has 2 aromatic rings. The fourth-order valence-corrected chi connectivity index (χ4v) is 3.30.